The molecule has 2 fully saturated rings. The van der Waals surface area contributed by atoms with Gasteiger partial charge in [-0.25, -0.2) is 0 Å². The molecule has 3 heterocycles. The van der Waals surface area contributed by atoms with E-state index in [1.165, 1.54) is 11.3 Å². The molecule has 2 aliphatic heterocycles. The van der Waals surface area contributed by atoms with E-state index in [1.54, 1.807) is 35.2 Å². The number of aliphatic hydroxyl groups excluding tert-OH is 1. The molecule has 1 atom stereocenters. The number of carbonyl (C=O) groups is 2. The zero-order chi connectivity index (χ0) is 22.5. The van der Waals surface area contributed by atoms with Gasteiger partial charge >= 0.3 is 0 Å². The smallest absolute Gasteiger partial charge is 0.295 e. The molecular weight excluding hydrogens is 428 g/mol. The van der Waals surface area contributed by atoms with Crippen LogP contribution in [0.2, 0.25) is 0 Å². The second-order valence-electron chi connectivity index (χ2n) is 7.59. The highest BCUT2D eigenvalue weighted by Gasteiger charge is 2.46. The highest BCUT2D eigenvalue weighted by Crippen LogP contribution is 2.41. The number of nitrogens with zero attached hydrogens (tertiary/aromatic N) is 2. The topological polar surface area (TPSA) is 79.3 Å². The summed E-state index contributed by atoms with van der Waals surface area (Å²) in [5.74, 6) is -0.785. The maximum Gasteiger partial charge on any atom is 0.295 e. The number of aliphatic hydroxyl groups is 1. The van der Waals surface area contributed by atoms with E-state index in [0.717, 1.165) is 18.0 Å². The lowest BCUT2D eigenvalue weighted by Crippen LogP contribution is -2.42. The van der Waals surface area contributed by atoms with Gasteiger partial charge < -0.3 is 19.5 Å². The fourth-order valence-corrected chi connectivity index (χ4v) is 4.79. The van der Waals surface area contributed by atoms with Gasteiger partial charge in [-0.05, 0) is 35.7 Å². The molecule has 1 N–H and O–H groups in total. The summed E-state index contributed by atoms with van der Waals surface area (Å²) in [5.41, 5.74) is 0.586. The summed E-state index contributed by atoms with van der Waals surface area (Å²) in [5, 5.41) is 13.0. The third kappa shape index (κ3) is 4.62. The van der Waals surface area contributed by atoms with Crippen LogP contribution in [0, 0.1) is 0 Å². The van der Waals surface area contributed by atoms with Crippen LogP contribution in [0.4, 0.5) is 0 Å². The number of Topliss-reactive ketones (excluding diaryl/α,β-unsaturated/α-hetero) is 1. The Bertz CT molecular complexity index is 994. The standard InChI is InChI=1S/C24H26N2O5S/c1-2-13-31-18-7-5-17(6-8-18)22(27)20-21(19-4-3-16-32-19)26(24(29)23(20)28)10-9-25-11-14-30-15-12-25/h2-8,16,21,27H,1,9-15H2/b22-20+/t21-/m0/s1. The maximum atomic E-state index is 13.0. The van der Waals surface area contributed by atoms with Crippen LogP contribution in [-0.4, -0.2) is 72.6 Å². The van der Waals surface area contributed by atoms with Crippen LogP contribution in [0.1, 0.15) is 16.5 Å². The molecule has 1 aromatic heterocycles. The molecule has 0 aliphatic carbocycles. The zero-order valence-corrected chi connectivity index (χ0v) is 18.6. The number of hydrogen-bond acceptors (Lipinski definition) is 7. The Balaban J connectivity index is 1.64. The van der Waals surface area contributed by atoms with Gasteiger partial charge in [-0.3, -0.25) is 14.5 Å². The predicted molar refractivity (Wildman–Crippen MR) is 123 cm³/mol. The molecule has 8 heteroatoms. The molecule has 168 valence electrons. The van der Waals surface area contributed by atoms with E-state index < -0.39 is 17.7 Å². The summed E-state index contributed by atoms with van der Waals surface area (Å²) in [6.07, 6.45) is 1.65. The van der Waals surface area contributed by atoms with Crippen molar-refractivity contribution in [3.05, 3.63) is 70.4 Å². The van der Waals surface area contributed by atoms with Gasteiger partial charge in [0.25, 0.3) is 11.7 Å². The van der Waals surface area contributed by atoms with Crippen LogP contribution in [0.5, 0.6) is 5.75 Å². The van der Waals surface area contributed by atoms with Crippen LogP contribution in [0.15, 0.2) is 60.0 Å². The molecule has 0 saturated carbocycles. The molecule has 0 spiro atoms. The fourth-order valence-electron chi connectivity index (χ4n) is 3.95. The van der Waals surface area contributed by atoms with E-state index in [4.69, 9.17) is 9.47 Å². The van der Waals surface area contributed by atoms with Gasteiger partial charge in [-0.1, -0.05) is 18.7 Å². The van der Waals surface area contributed by atoms with Crippen molar-refractivity contribution < 1.29 is 24.2 Å². The van der Waals surface area contributed by atoms with E-state index in [9.17, 15) is 14.7 Å². The zero-order valence-electron chi connectivity index (χ0n) is 17.7. The van der Waals surface area contributed by atoms with Gasteiger partial charge in [0.05, 0.1) is 24.8 Å². The van der Waals surface area contributed by atoms with Crippen molar-refractivity contribution in [1.29, 1.82) is 0 Å². The van der Waals surface area contributed by atoms with Gasteiger partial charge in [0.15, 0.2) is 0 Å². The molecule has 2 saturated heterocycles. The maximum absolute atomic E-state index is 13.0. The quantitative estimate of drug-likeness (QED) is 0.286. The Hall–Kier alpha value is -2.94. The molecule has 4 rings (SSSR count). The molecule has 7 nitrogen and oxygen atoms in total. The van der Waals surface area contributed by atoms with Crippen LogP contribution < -0.4 is 4.74 Å². The Morgan fingerprint density at radius 2 is 1.94 bits per heavy atom. The highest BCUT2D eigenvalue weighted by atomic mass is 32.1. The van der Waals surface area contributed by atoms with Gasteiger partial charge in [-0.15, -0.1) is 11.3 Å². The average Bonchev–Trinajstić information content (AvgIpc) is 3.44. The Kier molecular flexibility index (Phi) is 7.04. The Morgan fingerprint density at radius 3 is 2.59 bits per heavy atom. The third-order valence-corrected chi connectivity index (χ3v) is 6.53. The second-order valence-corrected chi connectivity index (χ2v) is 8.57. The number of carbonyl (C=O) groups excluding carboxylic acids is 2. The van der Waals surface area contributed by atoms with Gasteiger partial charge in [0.1, 0.15) is 18.1 Å². The third-order valence-electron chi connectivity index (χ3n) is 5.61. The van der Waals surface area contributed by atoms with Gasteiger partial charge in [0.2, 0.25) is 0 Å². The molecule has 0 bridgehead atoms. The summed E-state index contributed by atoms with van der Waals surface area (Å²) < 4.78 is 10.9. The van der Waals surface area contributed by atoms with Crippen molar-refractivity contribution in [1.82, 2.24) is 9.80 Å². The highest BCUT2D eigenvalue weighted by molar-refractivity contribution is 7.10. The number of morpholine rings is 1. The molecule has 2 aromatic rings. The first-order valence-electron chi connectivity index (χ1n) is 10.6. The van der Waals surface area contributed by atoms with Crippen LogP contribution in [0.3, 0.4) is 0 Å². The fraction of sp³-hybridized carbons (Fsp3) is 0.333. The average molecular weight is 455 g/mol. The summed E-state index contributed by atoms with van der Waals surface area (Å²) >= 11 is 1.46. The Labute approximate surface area is 191 Å². The first-order valence-corrected chi connectivity index (χ1v) is 11.4. The van der Waals surface area contributed by atoms with Crippen molar-refractivity contribution in [2.75, 3.05) is 46.0 Å². The summed E-state index contributed by atoms with van der Waals surface area (Å²) in [6.45, 7) is 7.97. The number of likely N-dealkylation sites (tertiary alicyclic amines) is 1. The van der Waals surface area contributed by atoms with Crippen molar-refractivity contribution in [3.63, 3.8) is 0 Å². The minimum absolute atomic E-state index is 0.124. The minimum Gasteiger partial charge on any atom is -0.507 e. The van der Waals surface area contributed by atoms with Crippen molar-refractivity contribution >= 4 is 28.8 Å². The van der Waals surface area contributed by atoms with E-state index >= 15 is 0 Å². The van der Waals surface area contributed by atoms with Gasteiger partial charge in [-0.2, -0.15) is 0 Å². The van der Waals surface area contributed by atoms with Gasteiger partial charge in [0, 0.05) is 36.6 Å². The largest absolute Gasteiger partial charge is 0.507 e. The molecular formula is C24H26N2O5S. The van der Waals surface area contributed by atoms with Crippen LogP contribution >= 0.6 is 11.3 Å². The number of amides is 1. The number of rotatable bonds is 8. The predicted octanol–water partition coefficient (Wildman–Crippen LogP) is 3.07. The summed E-state index contributed by atoms with van der Waals surface area (Å²) in [7, 11) is 0. The first-order chi connectivity index (χ1) is 15.6. The molecule has 32 heavy (non-hydrogen) atoms. The molecule has 0 radical (unpaired) electrons. The minimum atomic E-state index is -0.658. The number of benzene rings is 1. The van der Waals surface area contributed by atoms with E-state index in [0.29, 0.717) is 44.2 Å². The van der Waals surface area contributed by atoms with Crippen molar-refractivity contribution in [2.24, 2.45) is 0 Å². The second kappa shape index (κ2) is 10.1. The van der Waals surface area contributed by atoms with Crippen LogP contribution in [-0.2, 0) is 14.3 Å². The molecule has 1 aromatic carbocycles. The lowest BCUT2D eigenvalue weighted by molar-refractivity contribution is -0.140. The normalized spacial score (nSPS) is 21.1. The number of ketones is 1. The van der Waals surface area contributed by atoms with Crippen LogP contribution in [0.25, 0.3) is 5.76 Å². The monoisotopic (exact) mass is 454 g/mol. The molecule has 1 amide bonds. The SMILES string of the molecule is C=CCOc1ccc(/C(O)=C2\C(=O)C(=O)N(CCN3CCOCC3)[C@H]2c2cccs2)cc1. The van der Waals surface area contributed by atoms with Crippen molar-refractivity contribution in [3.8, 4) is 5.75 Å². The number of thiophene rings is 1. The molecule has 0 unspecified atom stereocenters. The van der Waals surface area contributed by atoms with E-state index in [1.807, 2.05) is 17.5 Å². The number of hydrogen-bond donors (Lipinski definition) is 1. The molecule has 2 aliphatic rings. The number of ether oxygens (including phenoxy) is 2. The lowest BCUT2D eigenvalue weighted by Gasteiger charge is -2.30. The first kappa shape index (κ1) is 22.3. The van der Waals surface area contributed by atoms with E-state index in [-0.39, 0.29) is 11.3 Å². The van der Waals surface area contributed by atoms with E-state index in [2.05, 4.69) is 11.5 Å². The lowest BCUT2D eigenvalue weighted by atomic mass is 10.00. The summed E-state index contributed by atoms with van der Waals surface area (Å²) in [4.78, 5) is 30.6. The summed E-state index contributed by atoms with van der Waals surface area (Å²) in [6, 6.07) is 9.96. The Morgan fingerprint density at radius 1 is 1.19 bits per heavy atom. The van der Waals surface area contributed by atoms with Crippen molar-refractivity contribution in [2.45, 2.75) is 6.04 Å².